The number of rotatable bonds is 4. The molecule has 0 atom stereocenters. The van der Waals surface area contributed by atoms with Crippen LogP contribution in [0.2, 0.25) is 0 Å². The number of carbonyl (C=O) groups is 2. The highest BCUT2D eigenvalue weighted by Crippen LogP contribution is 2.20. The van der Waals surface area contributed by atoms with E-state index in [0.717, 1.165) is 16.7 Å². The lowest BCUT2D eigenvalue weighted by atomic mass is 10.1. The van der Waals surface area contributed by atoms with Crippen molar-refractivity contribution in [1.82, 2.24) is 0 Å². The standard InChI is InChI=1S/C23H20O4/c1-15-7-6-8-18(13-15)26-22(24)20-9-4-5-10-21(20)23(25)27-19-12-11-16(2)17(3)14-19/h4-14H,1-3H3. The van der Waals surface area contributed by atoms with E-state index in [2.05, 4.69) is 0 Å². The Balaban J connectivity index is 1.83. The van der Waals surface area contributed by atoms with Crippen molar-refractivity contribution in [3.05, 3.63) is 94.5 Å². The van der Waals surface area contributed by atoms with Gasteiger partial charge in [-0.2, -0.15) is 0 Å². The van der Waals surface area contributed by atoms with E-state index in [1.165, 1.54) is 0 Å². The van der Waals surface area contributed by atoms with Crippen LogP contribution < -0.4 is 9.47 Å². The average Bonchev–Trinajstić information content (AvgIpc) is 2.64. The van der Waals surface area contributed by atoms with Crippen LogP contribution in [0.1, 0.15) is 37.4 Å². The zero-order chi connectivity index (χ0) is 19.4. The van der Waals surface area contributed by atoms with Crippen LogP contribution >= 0.6 is 0 Å². The fraction of sp³-hybridized carbons (Fsp3) is 0.130. The third kappa shape index (κ3) is 4.42. The van der Waals surface area contributed by atoms with Crippen LogP contribution in [0.15, 0.2) is 66.7 Å². The lowest BCUT2D eigenvalue weighted by Crippen LogP contribution is -2.17. The number of esters is 2. The molecular weight excluding hydrogens is 340 g/mol. The quantitative estimate of drug-likeness (QED) is 0.482. The monoisotopic (exact) mass is 360 g/mol. The summed E-state index contributed by atoms with van der Waals surface area (Å²) in [5.74, 6) is -0.342. The van der Waals surface area contributed by atoms with Gasteiger partial charge in [0.1, 0.15) is 11.5 Å². The van der Waals surface area contributed by atoms with Crippen LogP contribution in [0.4, 0.5) is 0 Å². The van der Waals surface area contributed by atoms with Crippen LogP contribution in [0.5, 0.6) is 11.5 Å². The summed E-state index contributed by atoms with van der Waals surface area (Å²) >= 11 is 0. The zero-order valence-electron chi connectivity index (χ0n) is 15.5. The third-order valence-electron chi connectivity index (χ3n) is 4.26. The molecule has 4 nitrogen and oxygen atoms in total. The maximum Gasteiger partial charge on any atom is 0.344 e. The minimum absolute atomic E-state index is 0.160. The van der Waals surface area contributed by atoms with Gasteiger partial charge in [0.2, 0.25) is 0 Å². The molecule has 0 aliphatic carbocycles. The van der Waals surface area contributed by atoms with Gasteiger partial charge in [-0.05, 0) is 73.9 Å². The molecule has 0 spiro atoms. The Hall–Kier alpha value is -3.40. The highest BCUT2D eigenvalue weighted by molar-refractivity contribution is 6.04. The summed E-state index contributed by atoms with van der Waals surface area (Å²) in [6, 6.07) is 19.0. The van der Waals surface area contributed by atoms with Crippen LogP contribution in [0.3, 0.4) is 0 Å². The van der Waals surface area contributed by atoms with E-state index in [1.807, 2.05) is 32.9 Å². The Morgan fingerprint density at radius 2 is 1.22 bits per heavy atom. The van der Waals surface area contributed by atoms with Crippen molar-refractivity contribution in [1.29, 1.82) is 0 Å². The molecule has 0 aliphatic heterocycles. The number of hydrogen-bond acceptors (Lipinski definition) is 4. The number of aryl methyl sites for hydroxylation is 3. The molecule has 3 rings (SSSR count). The first-order valence-electron chi connectivity index (χ1n) is 8.61. The Bertz CT molecular complexity index is 1000. The van der Waals surface area contributed by atoms with Gasteiger partial charge < -0.3 is 9.47 Å². The first-order valence-corrected chi connectivity index (χ1v) is 8.61. The predicted octanol–water partition coefficient (Wildman–Crippen LogP) is 5.05. The highest BCUT2D eigenvalue weighted by Gasteiger charge is 2.20. The summed E-state index contributed by atoms with van der Waals surface area (Å²) in [5, 5.41) is 0. The second-order valence-electron chi connectivity index (χ2n) is 6.39. The molecule has 0 radical (unpaired) electrons. The van der Waals surface area contributed by atoms with Crippen molar-refractivity contribution in [2.45, 2.75) is 20.8 Å². The molecule has 0 amide bonds. The van der Waals surface area contributed by atoms with Crippen LogP contribution in [-0.2, 0) is 0 Å². The van der Waals surface area contributed by atoms with Gasteiger partial charge in [-0.3, -0.25) is 0 Å². The molecule has 4 heteroatoms. The van der Waals surface area contributed by atoms with Crippen LogP contribution in [-0.4, -0.2) is 11.9 Å². The van der Waals surface area contributed by atoms with E-state index in [1.54, 1.807) is 54.6 Å². The topological polar surface area (TPSA) is 52.6 Å². The van der Waals surface area contributed by atoms with Gasteiger partial charge >= 0.3 is 11.9 Å². The molecule has 0 aliphatic rings. The summed E-state index contributed by atoms with van der Waals surface area (Å²) in [6.07, 6.45) is 0. The van der Waals surface area contributed by atoms with Gasteiger partial charge in [0, 0.05) is 0 Å². The van der Waals surface area contributed by atoms with Gasteiger partial charge in [0.15, 0.2) is 0 Å². The van der Waals surface area contributed by atoms with E-state index in [9.17, 15) is 9.59 Å². The molecule has 0 unspecified atom stereocenters. The molecule has 0 saturated heterocycles. The van der Waals surface area contributed by atoms with Crippen molar-refractivity contribution >= 4 is 11.9 Å². The van der Waals surface area contributed by atoms with Crippen LogP contribution in [0.25, 0.3) is 0 Å². The molecule has 136 valence electrons. The fourth-order valence-electron chi connectivity index (χ4n) is 2.62. The molecule has 0 bridgehead atoms. The Labute approximate surface area is 158 Å². The maximum absolute atomic E-state index is 12.6. The Kier molecular flexibility index (Phi) is 5.36. The third-order valence-corrected chi connectivity index (χ3v) is 4.26. The van der Waals surface area contributed by atoms with Crippen molar-refractivity contribution in [2.24, 2.45) is 0 Å². The van der Waals surface area contributed by atoms with Gasteiger partial charge in [0.05, 0.1) is 11.1 Å². The van der Waals surface area contributed by atoms with Crippen molar-refractivity contribution in [2.75, 3.05) is 0 Å². The molecule has 3 aromatic rings. The van der Waals surface area contributed by atoms with E-state index in [-0.39, 0.29) is 11.1 Å². The molecule has 0 heterocycles. The summed E-state index contributed by atoms with van der Waals surface area (Å²) in [5.41, 5.74) is 3.42. The Morgan fingerprint density at radius 1 is 0.630 bits per heavy atom. The summed E-state index contributed by atoms with van der Waals surface area (Å²) < 4.78 is 10.9. The lowest BCUT2D eigenvalue weighted by molar-refractivity contribution is 0.0692. The second kappa shape index (κ2) is 7.87. The summed E-state index contributed by atoms with van der Waals surface area (Å²) in [4.78, 5) is 25.2. The largest absolute Gasteiger partial charge is 0.423 e. The minimum atomic E-state index is -0.603. The first-order chi connectivity index (χ1) is 12.9. The fourth-order valence-corrected chi connectivity index (χ4v) is 2.62. The summed E-state index contributed by atoms with van der Waals surface area (Å²) in [7, 11) is 0. The van der Waals surface area contributed by atoms with E-state index < -0.39 is 11.9 Å². The molecule has 0 aromatic heterocycles. The van der Waals surface area contributed by atoms with Gasteiger partial charge in [-0.15, -0.1) is 0 Å². The van der Waals surface area contributed by atoms with Gasteiger partial charge in [-0.25, -0.2) is 9.59 Å². The second-order valence-corrected chi connectivity index (χ2v) is 6.39. The lowest BCUT2D eigenvalue weighted by Gasteiger charge is -2.10. The average molecular weight is 360 g/mol. The number of hydrogen-bond donors (Lipinski definition) is 0. The van der Waals surface area contributed by atoms with E-state index in [0.29, 0.717) is 11.5 Å². The van der Waals surface area contributed by atoms with Crippen molar-refractivity contribution in [3.63, 3.8) is 0 Å². The number of ether oxygens (including phenoxy) is 2. The summed E-state index contributed by atoms with van der Waals surface area (Å²) in [6.45, 7) is 5.84. The molecule has 3 aromatic carbocycles. The molecule has 0 N–H and O–H groups in total. The normalized spacial score (nSPS) is 10.3. The van der Waals surface area contributed by atoms with Crippen molar-refractivity contribution < 1.29 is 19.1 Å². The van der Waals surface area contributed by atoms with E-state index >= 15 is 0 Å². The van der Waals surface area contributed by atoms with Crippen LogP contribution in [0, 0.1) is 20.8 Å². The SMILES string of the molecule is Cc1cccc(OC(=O)c2ccccc2C(=O)Oc2ccc(C)c(C)c2)c1. The molecule has 0 saturated carbocycles. The molecule has 0 fully saturated rings. The maximum atomic E-state index is 12.6. The number of carbonyl (C=O) groups excluding carboxylic acids is 2. The van der Waals surface area contributed by atoms with Gasteiger partial charge in [-0.1, -0.05) is 30.3 Å². The Morgan fingerprint density at radius 3 is 1.78 bits per heavy atom. The first kappa shape index (κ1) is 18.4. The molecular formula is C23H20O4. The van der Waals surface area contributed by atoms with Gasteiger partial charge in [0.25, 0.3) is 0 Å². The smallest absolute Gasteiger partial charge is 0.344 e. The molecule has 27 heavy (non-hydrogen) atoms. The van der Waals surface area contributed by atoms with E-state index in [4.69, 9.17) is 9.47 Å². The highest BCUT2D eigenvalue weighted by atomic mass is 16.5. The zero-order valence-corrected chi connectivity index (χ0v) is 15.5. The minimum Gasteiger partial charge on any atom is -0.423 e. The van der Waals surface area contributed by atoms with Crippen molar-refractivity contribution in [3.8, 4) is 11.5 Å². The number of benzene rings is 3. The predicted molar refractivity (Wildman–Crippen MR) is 103 cm³/mol.